The average molecular weight is 431 g/mol. The van der Waals surface area contributed by atoms with Crippen LogP contribution in [0.1, 0.15) is 16.9 Å². The summed E-state index contributed by atoms with van der Waals surface area (Å²) in [6, 6.07) is 14.9. The Labute approximate surface area is 174 Å². The number of sulfonamides is 1. The third-order valence-corrected chi connectivity index (χ3v) is 5.75. The van der Waals surface area contributed by atoms with Crippen molar-refractivity contribution >= 4 is 39.3 Å². The van der Waals surface area contributed by atoms with Gasteiger partial charge >= 0.3 is 0 Å². The Morgan fingerprint density at radius 1 is 1.14 bits per heavy atom. The third kappa shape index (κ3) is 5.80. The smallest absolute Gasteiger partial charge is 0.248 e. The van der Waals surface area contributed by atoms with Gasteiger partial charge in [0.2, 0.25) is 15.9 Å². The molecule has 150 valence electrons. The van der Waals surface area contributed by atoms with Gasteiger partial charge in [-0.1, -0.05) is 29.8 Å². The molecule has 3 rings (SSSR count). The third-order valence-electron chi connectivity index (χ3n) is 4.02. The number of anilines is 1. The van der Waals surface area contributed by atoms with Gasteiger partial charge in [0, 0.05) is 6.08 Å². The molecule has 0 fully saturated rings. The topological polar surface area (TPSA) is 88.4 Å². The summed E-state index contributed by atoms with van der Waals surface area (Å²) < 4.78 is 32.2. The van der Waals surface area contributed by atoms with E-state index in [9.17, 15) is 13.2 Å². The molecule has 2 aromatic carbocycles. The zero-order chi connectivity index (χ0) is 20.9. The van der Waals surface area contributed by atoms with Gasteiger partial charge in [0.15, 0.2) is 0 Å². The summed E-state index contributed by atoms with van der Waals surface area (Å²) in [4.78, 5) is 12.2. The van der Waals surface area contributed by atoms with Crippen molar-refractivity contribution in [3.63, 3.8) is 0 Å². The molecule has 1 aromatic heterocycles. The zero-order valence-electron chi connectivity index (χ0n) is 15.6. The van der Waals surface area contributed by atoms with Gasteiger partial charge in [-0.2, -0.15) is 0 Å². The number of hydrogen-bond acceptors (Lipinski definition) is 4. The summed E-state index contributed by atoms with van der Waals surface area (Å²) in [6.45, 7) is 1.98. The lowest BCUT2D eigenvalue weighted by Crippen LogP contribution is -2.22. The van der Waals surface area contributed by atoms with Crippen LogP contribution in [0.15, 0.2) is 76.2 Å². The molecule has 2 N–H and O–H groups in total. The van der Waals surface area contributed by atoms with Gasteiger partial charge in [-0.05, 0) is 60.5 Å². The predicted molar refractivity (Wildman–Crippen MR) is 113 cm³/mol. The van der Waals surface area contributed by atoms with Crippen molar-refractivity contribution in [2.75, 3.05) is 5.32 Å². The number of furan rings is 1. The van der Waals surface area contributed by atoms with Crippen LogP contribution in [0.2, 0.25) is 5.02 Å². The number of nitrogens with one attached hydrogen (secondary N) is 2. The minimum absolute atomic E-state index is 0.0682. The molecule has 1 amide bonds. The van der Waals surface area contributed by atoms with E-state index in [1.807, 2.05) is 13.0 Å². The van der Waals surface area contributed by atoms with E-state index in [1.165, 1.54) is 24.5 Å². The first-order chi connectivity index (χ1) is 13.8. The Hall–Kier alpha value is -2.87. The average Bonchev–Trinajstić information content (AvgIpc) is 3.21. The molecule has 0 aliphatic rings. The number of carbonyl (C=O) groups is 1. The molecule has 0 saturated heterocycles. The lowest BCUT2D eigenvalue weighted by molar-refractivity contribution is -0.111. The van der Waals surface area contributed by atoms with Crippen LogP contribution < -0.4 is 10.0 Å². The first-order valence-electron chi connectivity index (χ1n) is 8.71. The van der Waals surface area contributed by atoms with Crippen LogP contribution in [0.3, 0.4) is 0 Å². The lowest BCUT2D eigenvalue weighted by atomic mass is 10.2. The zero-order valence-corrected chi connectivity index (χ0v) is 17.1. The largest absolute Gasteiger partial charge is 0.468 e. The molecule has 0 bridgehead atoms. The number of carbonyl (C=O) groups excluding carboxylic acids is 1. The summed E-state index contributed by atoms with van der Waals surface area (Å²) in [5.74, 6) is 0.181. The monoisotopic (exact) mass is 430 g/mol. The summed E-state index contributed by atoms with van der Waals surface area (Å²) >= 11 is 6.10. The summed E-state index contributed by atoms with van der Waals surface area (Å²) in [6.07, 6.45) is 4.42. The van der Waals surface area contributed by atoms with Crippen molar-refractivity contribution in [2.24, 2.45) is 0 Å². The quantitative estimate of drug-likeness (QED) is 0.544. The molecule has 0 aliphatic carbocycles. The second-order valence-corrected chi connectivity index (χ2v) is 8.45. The number of aryl methyl sites for hydroxylation is 1. The molecular formula is C21H19ClN2O4S. The van der Waals surface area contributed by atoms with Crippen molar-refractivity contribution in [3.8, 4) is 0 Å². The predicted octanol–water partition coefficient (Wildman–Crippen LogP) is 4.37. The van der Waals surface area contributed by atoms with E-state index < -0.39 is 10.0 Å². The number of hydrogen-bond donors (Lipinski definition) is 2. The highest BCUT2D eigenvalue weighted by atomic mass is 35.5. The van der Waals surface area contributed by atoms with Crippen molar-refractivity contribution in [3.05, 3.63) is 88.8 Å². The molecule has 0 saturated carbocycles. The Morgan fingerprint density at radius 2 is 1.90 bits per heavy atom. The Kier molecular flexibility index (Phi) is 6.53. The van der Waals surface area contributed by atoms with Gasteiger partial charge in [-0.3, -0.25) is 4.79 Å². The van der Waals surface area contributed by atoms with Crippen LogP contribution in [0, 0.1) is 6.92 Å². The summed E-state index contributed by atoms with van der Waals surface area (Å²) in [5.41, 5.74) is 2.20. The highest BCUT2D eigenvalue weighted by Gasteiger charge is 2.14. The maximum absolute atomic E-state index is 12.3. The lowest BCUT2D eigenvalue weighted by Gasteiger charge is -2.06. The molecule has 6 nitrogen and oxygen atoms in total. The van der Waals surface area contributed by atoms with Gasteiger partial charge in [0.05, 0.1) is 28.4 Å². The fourth-order valence-corrected chi connectivity index (χ4v) is 3.76. The molecule has 1 heterocycles. The van der Waals surface area contributed by atoms with Crippen LogP contribution in [0.5, 0.6) is 0 Å². The molecule has 0 unspecified atom stereocenters. The standard InChI is InChI=1S/C21H19ClN2O4S/c1-15-4-10-20(19(22)13-15)24-21(25)11-7-16-5-8-18(9-6-16)29(26,27)23-14-17-3-2-12-28-17/h2-13,23H,14H2,1H3,(H,24,25)/b11-7+. The molecule has 8 heteroatoms. The van der Waals surface area contributed by atoms with Crippen LogP contribution in [0.4, 0.5) is 5.69 Å². The molecule has 0 aliphatic heterocycles. The molecule has 0 atom stereocenters. The Bertz CT molecular complexity index is 1120. The Morgan fingerprint density at radius 3 is 2.55 bits per heavy atom. The highest BCUT2D eigenvalue weighted by Crippen LogP contribution is 2.22. The van der Waals surface area contributed by atoms with Gasteiger partial charge in [0.1, 0.15) is 5.76 Å². The first kappa shape index (κ1) is 20.9. The Balaban J connectivity index is 1.61. The van der Waals surface area contributed by atoms with Crippen LogP contribution >= 0.6 is 11.6 Å². The first-order valence-corrected chi connectivity index (χ1v) is 10.6. The normalized spacial score (nSPS) is 11.7. The fraction of sp³-hybridized carbons (Fsp3) is 0.0952. The van der Waals surface area contributed by atoms with Gasteiger partial charge in [-0.25, -0.2) is 13.1 Å². The second kappa shape index (κ2) is 9.09. The van der Waals surface area contributed by atoms with E-state index in [0.29, 0.717) is 22.0 Å². The van der Waals surface area contributed by atoms with E-state index in [2.05, 4.69) is 10.0 Å². The maximum atomic E-state index is 12.3. The van der Waals surface area contributed by atoms with E-state index in [0.717, 1.165) is 5.56 Å². The highest BCUT2D eigenvalue weighted by molar-refractivity contribution is 7.89. The summed E-state index contributed by atoms with van der Waals surface area (Å²) in [5, 5.41) is 3.16. The van der Waals surface area contributed by atoms with Crippen molar-refractivity contribution in [2.45, 2.75) is 18.4 Å². The van der Waals surface area contributed by atoms with E-state index >= 15 is 0 Å². The molecular weight excluding hydrogens is 412 g/mol. The molecule has 29 heavy (non-hydrogen) atoms. The van der Waals surface area contributed by atoms with Gasteiger partial charge < -0.3 is 9.73 Å². The SMILES string of the molecule is Cc1ccc(NC(=O)/C=C/c2ccc(S(=O)(=O)NCc3ccco3)cc2)c(Cl)c1. The number of halogens is 1. The van der Waals surface area contributed by atoms with Gasteiger partial charge in [0.25, 0.3) is 0 Å². The van der Waals surface area contributed by atoms with Crippen LogP contribution in [-0.4, -0.2) is 14.3 Å². The molecule has 0 radical (unpaired) electrons. The number of rotatable bonds is 7. The molecule has 3 aromatic rings. The second-order valence-electron chi connectivity index (χ2n) is 6.28. The van der Waals surface area contributed by atoms with E-state index in [-0.39, 0.29) is 17.3 Å². The van der Waals surface area contributed by atoms with Gasteiger partial charge in [-0.15, -0.1) is 0 Å². The van der Waals surface area contributed by atoms with E-state index in [1.54, 1.807) is 42.5 Å². The van der Waals surface area contributed by atoms with Crippen LogP contribution in [-0.2, 0) is 21.4 Å². The number of benzene rings is 2. The van der Waals surface area contributed by atoms with Crippen LogP contribution in [0.25, 0.3) is 6.08 Å². The van der Waals surface area contributed by atoms with Crippen molar-refractivity contribution in [1.29, 1.82) is 0 Å². The maximum Gasteiger partial charge on any atom is 0.248 e. The minimum atomic E-state index is -3.66. The molecule has 0 spiro atoms. The van der Waals surface area contributed by atoms with Crippen molar-refractivity contribution in [1.82, 2.24) is 4.72 Å². The minimum Gasteiger partial charge on any atom is -0.468 e. The number of amides is 1. The van der Waals surface area contributed by atoms with E-state index in [4.69, 9.17) is 16.0 Å². The van der Waals surface area contributed by atoms with Crippen molar-refractivity contribution < 1.29 is 17.6 Å². The fourth-order valence-electron chi connectivity index (χ4n) is 2.49. The summed E-state index contributed by atoms with van der Waals surface area (Å²) in [7, 11) is -3.66.